The summed E-state index contributed by atoms with van der Waals surface area (Å²) >= 11 is 0. The molecular weight excluding hydrogens is 1030 g/mol. The molecule has 0 spiro atoms. The zero-order valence-corrected chi connectivity index (χ0v) is 45.2. The second kappa shape index (κ2) is 21.5. The topological polar surface area (TPSA) is 104 Å². The predicted octanol–water partition coefficient (Wildman–Crippen LogP) is 19.7. The molecule has 0 aliphatic carbocycles. The highest BCUT2D eigenvalue weighted by molar-refractivity contribution is 6.10. The Balaban J connectivity index is 0.000000147. The Labute approximate surface area is 483 Å². The van der Waals surface area contributed by atoms with Crippen LogP contribution < -0.4 is 0 Å². The van der Waals surface area contributed by atoms with Crippen molar-refractivity contribution in [1.82, 2.24) is 29.9 Å². The molecule has 16 rings (SSSR count). The lowest BCUT2D eigenvalue weighted by molar-refractivity contribution is 0.669. The molecule has 394 valence electrons. The summed E-state index contributed by atoms with van der Waals surface area (Å²) < 4.78 is 12.5. The summed E-state index contributed by atoms with van der Waals surface area (Å²) in [6, 6.07) is 91.5. The molecule has 10 aromatic carbocycles. The molecule has 6 heterocycles. The Kier molecular flexibility index (Phi) is 12.7. The van der Waals surface area contributed by atoms with Crippen molar-refractivity contribution in [2.24, 2.45) is 0 Å². The molecule has 0 radical (unpaired) electrons. The van der Waals surface area contributed by atoms with Crippen molar-refractivity contribution in [2.45, 2.75) is 0 Å². The van der Waals surface area contributed by atoms with Crippen LogP contribution in [0, 0.1) is 0 Å². The number of hydrogen-bond acceptors (Lipinski definition) is 8. The smallest absolute Gasteiger partial charge is 0.160 e. The van der Waals surface area contributed by atoms with Gasteiger partial charge in [0, 0.05) is 85.3 Å². The Morgan fingerprint density at radius 3 is 1.54 bits per heavy atom. The van der Waals surface area contributed by atoms with Gasteiger partial charge >= 0.3 is 0 Å². The van der Waals surface area contributed by atoms with Gasteiger partial charge in [0.1, 0.15) is 22.3 Å². The number of aromatic nitrogens is 6. The largest absolute Gasteiger partial charge is 0.456 e. The lowest BCUT2D eigenvalue weighted by Gasteiger charge is -2.13. The van der Waals surface area contributed by atoms with Gasteiger partial charge in [-0.05, 0) is 117 Å². The van der Waals surface area contributed by atoms with Gasteiger partial charge in [0.25, 0.3) is 0 Å². The number of fused-ring (bicyclic) bond motifs is 7. The van der Waals surface area contributed by atoms with Crippen molar-refractivity contribution in [3.05, 3.63) is 292 Å². The van der Waals surface area contributed by atoms with Crippen LogP contribution in [0.5, 0.6) is 0 Å². The van der Waals surface area contributed by atoms with E-state index in [-0.39, 0.29) is 0 Å². The average Bonchev–Trinajstić information content (AvgIpc) is 4.37. The molecule has 0 atom stereocenters. The van der Waals surface area contributed by atoms with Crippen LogP contribution >= 0.6 is 0 Å². The van der Waals surface area contributed by atoms with Crippen LogP contribution in [0.3, 0.4) is 0 Å². The number of furan rings is 2. The van der Waals surface area contributed by atoms with Crippen molar-refractivity contribution >= 4 is 54.6 Å². The molecule has 0 bridgehead atoms. The van der Waals surface area contributed by atoms with E-state index in [1.807, 2.05) is 116 Å². The van der Waals surface area contributed by atoms with E-state index in [0.29, 0.717) is 11.6 Å². The summed E-state index contributed by atoms with van der Waals surface area (Å²) in [5.41, 5.74) is 19.4. The quantitative estimate of drug-likeness (QED) is 0.141. The number of para-hydroxylation sites is 3. The molecule has 0 saturated carbocycles. The van der Waals surface area contributed by atoms with Crippen LogP contribution in [0.2, 0.25) is 0 Å². The Bertz CT molecular complexity index is 5080. The zero-order valence-electron chi connectivity index (χ0n) is 45.2. The molecule has 0 fully saturated rings. The first-order valence-corrected chi connectivity index (χ1v) is 27.9. The summed E-state index contributed by atoms with van der Waals surface area (Å²) in [6.07, 6.45) is 7.31. The van der Waals surface area contributed by atoms with E-state index in [0.717, 1.165) is 128 Å². The molecule has 8 heteroatoms. The standard InChI is InChI=1S/C43H27N3O.C33H21N3O/c1-2-9-31-24-33(22-19-28(31)8-1)29-17-20-30(21-18-29)43-45-39(34-11-5-10-32(25-34)35-12-7-23-44-27-35)26-40(46-43)38-15-6-14-37-36-13-3-4-16-41(36)47-42(37)38;1-2-8-23(9-3-1)33-35-29(24-14-15-32-28(20-24)27-12-6-7-13-31(27)37-32)21-30(36-33)26-11-5-4-10-25(26)22-16-18-34-19-17-22/h1-27H;1-21H. The number of rotatable bonds is 9. The van der Waals surface area contributed by atoms with Crippen LogP contribution in [-0.4, -0.2) is 29.9 Å². The summed E-state index contributed by atoms with van der Waals surface area (Å²) in [7, 11) is 0. The summed E-state index contributed by atoms with van der Waals surface area (Å²) in [5.74, 6) is 1.34. The first-order chi connectivity index (χ1) is 41.6. The van der Waals surface area contributed by atoms with E-state index >= 15 is 0 Å². The molecule has 6 aromatic heterocycles. The van der Waals surface area contributed by atoms with Crippen LogP contribution in [0.4, 0.5) is 0 Å². The maximum atomic E-state index is 6.43. The first kappa shape index (κ1) is 49.6. The van der Waals surface area contributed by atoms with E-state index < -0.39 is 0 Å². The van der Waals surface area contributed by atoms with Crippen LogP contribution in [-0.2, 0) is 0 Å². The highest BCUT2D eigenvalue weighted by Gasteiger charge is 2.19. The second-order valence-electron chi connectivity index (χ2n) is 20.6. The van der Waals surface area contributed by atoms with Gasteiger partial charge < -0.3 is 8.83 Å². The average molecular weight is 1080 g/mol. The van der Waals surface area contributed by atoms with Gasteiger partial charge in [0.2, 0.25) is 0 Å². The van der Waals surface area contributed by atoms with Crippen molar-refractivity contribution in [1.29, 1.82) is 0 Å². The van der Waals surface area contributed by atoms with Gasteiger partial charge in [-0.15, -0.1) is 0 Å². The highest BCUT2D eigenvalue weighted by atomic mass is 16.3. The van der Waals surface area contributed by atoms with Gasteiger partial charge in [0.05, 0.1) is 22.8 Å². The molecule has 16 aromatic rings. The predicted molar refractivity (Wildman–Crippen MR) is 341 cm³/mol. The molecule has 0 unspecified atom stereocenters. The second-order valence-corrected chi connectivity index (χ2v) is 20.6. The Morgan fingerprint density at radius 1 is 0.238 bits per heavy atom. The lowest BCUT2D eigenvalue weighted by Crippen LogP contribution is -1.97. The first-order valence-electron chi connectivity index (χ1n) is 27.9. The van der Waals surface area contributed by atoms with E-state index in [1.54, 1.807) is 6.20 Å². The molecular formula is C76H48N6O2. The fourth-order valence-electron chi connectivity index (χ4n) is 11.2. The van der Waals surface area contributed by atoms with Gasteiger partial charge in [-0.3, -0.25) is 9.97 Å². The number of hydrogen-bond donors (Lipinski definition) is 0. The SMILES string of the molecule is c1ccc(-c2nc(-c3ccc4oc5ccccc5c4c3)cc(-c3ccccc3-c3ccncc3)n2)cc1.c1cncc(-c2cccc(-c3cc(-c4cccc5c4oc4ccccc45)nc(-c4ccc(-c5ccc6ccccc6c5)cc4)n3)c2)c1. The van der Waals surface area contributed by atoms with Crippen LogP contribution in [0.15, 0.2) is 301 Å². The van der Waals surface area contributed by atoms with Crippen molar-refractivity contribution in [3.8, 4) is 101 Å². The minimum atomic E-state index is 0.655. The van der Waals surface area contributed by atoms with E-state index in [9.17, 15) is 0 Å². The number of pyridine rings is 2. The van der Waals surface area contributed by atoms with Gasteiger partial charge in [0.15, 0.2) is 11.6 Å². The van der Waals surface area contributed by atoms with Crippen molar-refractivity contribution in [2.75, 3.05) is 0 Å². The molecule has 0 N–H and O–H groups in total. The minimum Gasteiger partial charge on any atom is -0.456 e. The van der Waals surface area contributed by atoms with Crippen molar-refractivity contribution < 1.29 is 8.83 Å². The van der Waals surface area contributed by atoms with E-state index in [4.69, 9.17) is 28.8 Å². The highest BCUT2D eigenvalue weighted by Crippen LogP contribution is 2.40. The molecule has 0 aliphatic rings. The third-order valence-corrected chi connectivity index (χ3v) is 15.4. The van der Waals surface area contributed by atoms with Gasteiger partial charge in [-0.1, -0.05) is 188 Å². The fraction of sp³-hybridized carbons (Fsp3) is 0. The lowest BCUT2D eigenvalue weighted by atomic mass is 9.97. The van der Waals surface area contributed by atoms with E-state index in [1.165, 1.54) is 16.3 Å². The maximum Gasteiger partial charge on any atom is 0.160 e. The third-order valence-electron chi connectivity index (χ3n) is 15.4. The Morgan fingerprint density at radius 2 is 0.762 bits per heavy atom. The summed E-state index contributed by atoms with van der Waals surface area (Å²) in [5, 5.41) is 6.79. The van der Waals surface area contributed by atoms with Gasteiger partial charge in [-0.2, -0.15) is 0 Å². The monoisotopic (exact) mass is 1080 g/mol. The molecule has 0 amide bonds. The fourth-order valence-corrected chi connectivity index (χ4v) is 11.2. The van der Waals surface area contributed by atoms with Gasteiger partial charge in [-0.25, -0.2) is 19.9 Å². The summed E-state index contributed by atoms with van der Waals surface area (Å²) in [6.45, 7) is 0. The molecule has 8 nitrogen and oxygen atoms in total. The number of benzene rings is 10. The summed E-state index contributed by atoms with van der Waals surface area (Å²) in [4.78, 5) is 28.9. The van der Waals surface area contributed by atoms with Crippen LogP contribution in [0.1, 0.15) is 0 Å². The minimum absolute atomic E-state index is 0.655. The maximum absolute atomic E-state index is 6.43. The normalized spacial score (nSPS) is 11.3. The molecule has 0 saturated heterocycles. The third kappa shape index (κ3) is 9.59. The van der Waals surface area contributed by atoms with Crippen molar-refractivity contribution in [3.63, 3.8) is 0 Å². The van der Waals surface area contributed by atoms with E-state index in [2.05, 4.69) is 180 Å². The zero-order chi connectivity index (χ0) is 55.8. The van der Waals surface area contributed by atoms with Crippen LogP contribution in [0.25, 0.3) is 156 Å². The number of nitrogens with zero attached hydrogens (tertiary/aromatic N) is 6. The Hall–Kier alpha value is -11.5. The molecule has 84 heavy (non-hydrogen) atoms. The molecule has 0 aliphatic heterocycles.